The highest BCUT2D eigenvalue weighted by atomic mass is 16.5. The molecule has 1 aromatic rings. The van der Waals surface area contributed by atoms with Gasteiger partial charge in [0, 0.05) is 26.4 Å². The lowest BCUT2D eigenvalue weighted by Gasteiger charge is -2.23. The number of para-hydroxylation sites is 1. The number of amides is 2. The van der Waals surface area contributed by atoms with Crippen molar-refractivity contribution in [3.63, 3.8) is 0 Å². The normalized spacial score (nSPS) is 10.4. The van der Waals surface area contributed by atoms with Gasteiger partial charge in [0.15, 0.2) is 0 Å². The summed E-state index contributed by atoms with van der Waals surface area (Å²) in [4.78, 5) is 39.3. The second-order valence-electron chi connectivity index (χ2n) is 5.94. The van der Waals surface area contributed by atoms with Gasteiger partial charge < -0.3 is 19.9 Å². The number of anilines is 1. The molecule has 0 radical (unpaired) electrons. The molecular weight excluding hydrogens is 322 g/mol. The lowest BCUT2D eigenvalue weighted by atomic mass is 10.1. The molecule has 0 aliphatic carbocycles. The van der Waals surface area contributed by atoms with Gasteiger partial charge in [-0.05, 0) is 39.2 Å². The van der Waals surface area contributed by atoms with Crippen molar-refractivity contribution in [3.05, 3.63) is 29.8 Å². The second-order valence-corrected chi connectivity index (χ2v) is 5.94. The first-order valence-corrected chi connectivity index (χ1v) is 8.23. The molecule has 1 aromatic carbocycles. The molecule has 0 aliphatic rings. The van der Waals surface area contributed by atoms with Crippen LogP contribution in [0.15, 0.2) is 24.3 Å². The number of hydrogen-bond acceptors (Lipinski definition) is 5. The SMILES string of the molecule is COC(=O)c1ccccc1N(CCC(=O)NCCCN(C)C)C(C)=O. The van der Waals surface area contributed by atoms with E-state index in [1.807, 2.05) is 19.0 Å². The van der Waals surface area contributed by atoms with Crippen LogP contribution in [0.1, 0.15) is 30.1 Å². The Labute approximate surface area is 148 Å². The van der Waals surface area contributed by atoms with E-state index in [9.17, 15) is 14.4 Å². The molecule has 0 atom stereocenters. The molecule has 138 valence electrons. The van der Waals surface area contributed by atoms with E-state index < -0.39 is 5.97 Å². The van der Waals surface area contributed by atoms with Crippen LogP contribution in [0.5, 0.6) is 0 Å². The number of esters is 1. The third kappa shape index (κ3) is 6.93. The van der Waals surface area contributed by atoms with Crippen molar-refractivity contribution < 1.29 is 19.1 Å². The quantitative estimate of drug-likeness (QED) is 0.537. The van der Waals surface area contributed by atoms with Crippen molar-refractivity contribution in [2.75, 3.05) is 45.7 Å². The van der Waals surface area contributed by atoms with Crippen molar-refractivity contribution in [1.82, 2.24) is 10.2 Å². The zero-order chi connectivity index (χ0) is 18.8. The van der Waals surface area contributed by atoms with Gasteiger partial charge in [-0.1, -0.05) is 12.1 Å². The molecule has 0 saturated carbocycles. The molecular formula is C18H27N3O4. The molecule has 0 unspecified atom stereocenters. The number of carbonyl (C=O) groups is 3. The van der Waals surface area contributed by atoms with Crippen LogP contribution in [0.2, 0.25) is 0 Å². The Kier molecular flexibility index (Phi) is 8.63. The summed E-state index contributed by atoms with van der Waals surface area (Å²) < 4.78 is 4.76. The predicted molar refractivity (Wildman–Crippen MR) is 96.6 cm³/mol. The van der Waals surface area contributed by atoms with Gasteiger partial charge >= 0.3 is 5.97 Å². The van der Waals surface area contributed by atoms with Crippen LogP contribution in [0, 0.1) is 0 Å². The van der Waals surface area contributed by atoms with Crippen LogP contribution >= 0.6 is 0 Å². The minimum absolute atomic E-state index is 0.124. The standard InChI is InChI=1S/C18H27N3O4/c1-14(22)21(13-10-17(23)19-11-7-12-20(2)3)16-9-6-5-8-15(16)18(24)25-4/h5-6,8-9H,7,10-13H2,1-4H3,(H,19,23). The fraction of sp³-hybridized carbons (Fsp3) is 0.500. The van der Waals surface area contributed by atoms with Gasteiger partial charge in [0.2, 0.25) is 11.8 Å². The van der Waals surface area contributed by atoms with Gasteiger partial charge in [-0.15, -0.1) is 0 Å². The van der Waals surface area contributed by atoms with Crippen molar-refractivity contribution in [3.8, 4) is 0 Å². The predicted octanol–water partition coefficient (Wildman–Crippen LogP) is 1.28. The van der Waals surface area contributed by atoms with E-state index in [1.165, 1.54) is 18.9 Å². The highest BCUT2D eigenvalue weighted by molar-refractivity contribution is 6.02. The Morgan fingerprint density at radius 3 is 2.40 bits per heavy atom. The maximum atomic E-state index is 12.0. The van der Waals surface area contributed by atoms with Gasteiger partial charge in [-0.3, -0.25) is 9.59 Å². The van der Waals surface area contributed by atoms with Gasteiger partial charge in [-0.2, -0.15) is 0 Å². The second kappa shape index (κ2) is 10.5. The molecule has 0 aromatic heterocycles. The van der Waals surface area contributed by atoms with Crippen molar-refractivity contribution in [2.24, 2.45) is 0 Å². The molecule has 0 heterocycles. The molecule has 0 spiro atoms. The van der Waals surface area contributed by atoms with Gasteiger partial charge in [-0.25, -0.2) is 4.79 Å². The highest BCUT2D eigenvalue weighted by Gasteiger charge is 2.20. The first-order chi connectivity index (χ1) is 11.9. The average Bonchev–Trinajstić information content (AvgIpc) is 2.58. The Balaban J connectivity index is 2.69. The molecule has 2 amide bonds. The summed E-state index contributed by atoms with van der Waals surface area (Å²) in [6.07, 6.45) is 1.03. The number of nitrogens with zero attached hydrogens (tertiary/aromatic N) is 2. The maximum absolute atomic E-state index is 12.0. The number of ether oxygens (including phenoxy) is 1. The topological polar surface area (TPSA) is 79.0 Å². The van der Waals surface area contributed by atoms with Crippen LogP contribution in [0.4, 0.5) is 5.69 Å². The lowest BCUT2D eigenvalue weighted by molar-refractivity contribution is -0.121. The van der Waals surface area contributed by atoms with Crippen LogP contribution < -0.4 is 10.2 Å². The number of hydrogen-bond donors (Lipinski definition) is 1. The summed E-state index contributed by atoms with van der Waals surface area (Å²) in [5.41, 5.74) is 0.744. The van der Waals surface area contributed by atoms with Crippen molar-refractivity contribution >= 4 is 23.5 Å². The van der Waals surface area contributed by atoms with Gasteiger partial charge in [0.25, 0.3) is 0 Å². The Morgan fingerprint density at radius 1 is 1.12 bits per heavy atom. The zero-order valence-electron chi connectivity index (χ0n) is 15.4. The zero-order valence-corrected chi connectivity index (χ0v) is 15.4. The monoisotopic (exact) mass is 349 g/mol. The minimum Gasteiger partial charge on any atom is -0.465 e. The van der Waals surface area contributed by atoms with Crippen LogP contribution in [-0.4, -0.2) is 63.5 Å². The van der Waals surface area contributed by atoms with E-state index in [0.717, 1.165) is 13.0 Å². The summed E-state index contributed by atoms with van der Waals surface area (Å²) in [5.74, 6) is -0.882. The Morgan fingerprint density at radius 2 is 1.80 bits per heavy atom. The summed E-state index contributed by atoms with van der Waals surface area (Å²) in [6, 6.07) is 6.70. The smallest absolute Gasteiger partial charge is 0.339 e. The summed E-state index contributed by atoms with van der Waals surface area (Å²) >= 11 is 0. The number of nitrogens with one attached hydrogen (secondary N) is 1. The number of benzene rings is 1. The number of carbonyl (C=O) groups excluding carboxylic acids is 3. The van der Waals surface area contributed by atoms with E-state index in [0.29, 0.717) is 17.8 Å². The first kappa shape index (κ1) is 20.6. The summed E-state index contributed by atoms with van der Waals surface area (Å²) in [7, 11) is 5.25. The van der Waals surface area contributed by atoms with Gasteiger partial charge in [0.05, 0.1) is 18.4 Å². The molecule has 0 fully saturated rings. The van der Waals surface area contributed by atoms with Crippen molar-refractivity contribution in [2.45, 2.75) is 19.8 Å². The summed E-state index contributed by atoms with van der Waals surface area (Å²) in [6.45, 7) is 3.09. The first-order valence-electron chi connectivity index (χ1n) is 8.23. The third-order valence-electron chi connectivity index (χ3n) is 3.65. The molecule has 0 saturated heterocycles. The fourth-order valence-corrected chi connectivity index (χ4v) is 2.36. The van der Waals surface area contributed by atoms with E-state index in [-0.39, 0.29) is 24.8 Å². The van der Waals surface area contributed by atoms with Crippen LogP contribution in [0.25, 0.3) is 0 Å². The van der Waals surface area contributed by atoms with E-state index in [4.69, 9.17) is 4.74 Å². The summed E-state index contributed by atoms with van der Waals surface area (Å²) in [5, 5.41) is 2.84. The Hall–Kier alpha value is -2.41. The molecule has 7 heteroatoms. The minimum atomic E-state index is -0.519. The molecule has 0 aliphatic heterocycles. The fourth-order valence-electron chi connectivity index (χ4n) is 2.36. The Bertz CT molecular complexity index is 602. The maximum Gasteiger partial charge on any atom is 0.339 e. The van der Waals surface area contributed by atoms with E-state index in [1.54, 1.807) is 24.3 Å². The molecule has 1 N–H and O–H groups in total. The molecule has 25 heavy (non-hydrogen) atoms. The van der Waals surface area contributed by atoms with Crippen molar-refractivity contribution in [1.29, 1.82) is 0 Å². The molecule has 7 nitrogen and oxygen atoms in total. The van der Waals surface area contributed by atoms with Crippen LogP contribution in [-0.2, 0) is 14.3 Å². The van der Waals surface area contributed by atoms with Gasteiger partial charge in [0.1, 0.15) is 0 Å². The number of methoxy groups -OCH3 is 1. The highest BCUT2D eigenvalue weighted by Crippen LogP contribution is 2.21. The molecule has 0 bridgehead atoms. The molecule has 1 rings (SSSR count). The van der Waals surface area contributed by atoms with E-state index >= 15 is 0 Å². The van der Waals surface area contributed by atoms with Crippen LogP contribution in [0.3, 0.4) is 0 Å². The average molecular weight is 349 g/mol. The lowest BCUT2D eigenvalue weighted by Crippen LogP contribution is -2.35. The third-order valence-corrected chi connectivity index (χ3v) is 3.65. The van der Waals surface area contributed by atoms with E-state index in [2.05, 4.69) is 5.32 Å². The number of rotatable bonds is 9. The largest absolute Gasteiger partial charge is 0.465 e.